The quantitative estimate of drug-likeness (QED) is 0.866. The molecule has 0 bridgehead atoms. The van der Waals surface area contributed by atoms with Gasteiger partial charge in [-0.05, 0) is 59.0 Å². The Morgan fingerprint density at radius 1 is 1.40 bits per heavy atom. The van der Waals surface area contributed by atoms with E-state index >= 15 is 0 Å². The van der Waals surface area contributed by atoms with Crippen molar-refractivity contribution in [2.45, 2.75) is 25.4 Å². The molecule has 1 aromatic heterocycles. The summed E-state index contributed by atoms with van der Waals surface area (Å²) in [4.78, 5) is 1.01. The Bertz CT molecular complexity index is 362. The Morgan fingerprint density at radius 3 is 2.60 bits per heavy atom. The molecule has 2 saturated carbocycles. The summed E-state index contributed by atoms with van der Waals surface area (Å²) in [5.41, 5.74) is 0. The zero-order valence-corrected chi connectivity index (χ0v) is 11.3. The van der Waals surface area contributed by atoms with Crippen LogP contribution in [0.1, 0.15) is 30.2 Å². The highest BCUT2D eigenvalue weighted by molar-refractivity contribution is 9.11. The Morgan fingerprint density at radius 2 is 2.07 bits per heavy atom. The van der Waals surface area contributed by atoms with Crippen molar-refractivity contribution in [3.63, 3.8) is 0 Å². The Labute approximate surface area is 107 Å². The number of halogens is 2. The third-order valence-electron chi connectivity index (χ3n) is 3.68. The van der Waals surface area contributed by atoms with Gasteiger partial charge in [0.15, 0.2) is 0 Å². The predicted octanol–water partition coefficient (Wildman–Crippen LogP) is 4.24. The van der Waals surface area contributed by atoms with E-state index in [0.717, 1.165) is 25.5 Å². The Kier molecular flexibility index (Phi) is 2.63. The summed E-state index contributed by atoms with van der Waals surface area (Å²) >= 11 is 10.9. The lowest BCUT2D eigenvalue weighted by atomic mass is 9.96. The number of aliphatic hydroxyl groups is 1. The van der Waals surface area contributed by atoms with Gasteiger partial charge in [-0.15, -0.1) is 11.3 Å². The molecule has 0 radical (unpaired) electrons. The molecule has 1 aromatic rings. The largest absolute Gasteiger partial charge is 0.387 e. The fraction of sp³-hybridized carbons (Fsp3) is 0.636. The molecule has 0 saturated heterocycles. The topological polar surface area (TPSA) is 20.2 Å². The van der Waals surface area contributed by atoms with Crippen LogP contribution in [-0.4, -0.2) is 5.11 Å². The summed E-state index contributed by atoms with van der Waals surface area (Å²) in [5.74, 6) is 2.31. The van der Waals surface area contributed by atoms with Crippen molar-refractivity contribution in [3.05, 3.63) is 19.8 Å². The predicted molar refractivity (Wildman–Crippen MR) is 66.3 cm³/mol. The molecular weight excluding hydrogens is 296 g/mol. The minimum Gasteiger partial charge on any atom is -0.387 e. The van der Waals surface area contributed by atoms with Gasteiger partial charge in [0.25, 0.3) is 0 Å². The van der Waals surface area contributed by atoms with Crippen molar-refractivity contribution in [2.75, 3.05) is 0 Å². The highest BCUT2D eigenvalue weighted by atomic mass is 79.9. The molecule has 0 amide bonds. The van der Waals surface area contributed by atoms with E-state index in [1.165, 1.54) is 19.3 Å². The van der Waals surface area contributed by atoms with E-state index in [4.69, 9.17) is 11.6 Å². The molecule has 0 aromatic carbocycles. The average molecular weight is 308 g/mol. The molecule has 3 unspecified atom stereocenters. The van der Waals surface area contributed by atoms with Gasteiger partial charge in [0.2, 0.25) is 0 Å². The van der Waals surface area contributed by atoms with Crippen LogP contribution in [-0.2, 0) is 0 Å². The maximum atomic E-state index is 10.2. The maximum Gasteiger partial charge on any atom is 0.0911 e. The van der Waals surface area contributed by atoms with Gasteiger partial charge in [0.1, 0.15) is 0 Å². The van der Waals surface area contributed by atoms with Crippen molar-refractivity contribution in [2.24, 2.45) is 17.8 Å². The number of thiophene rings is 1. The molecule has 1 nitrogen and oxygen atoms in total. The Balaban J connectivity index is 1.76. The van der Waals surface area contributed by atoms with Crippen LogP contribution in [0, 0.1) is 17.8 Å². The smallest absolute Gasteiger partial charge is 0.0911 e. The summed E-state index contributed by atoms with van der Waals surface area (Å²) in [7, 11) is 0. The van der Waals surface area contributed by atoms with E-state index in [1.54, 1.807) is 11.3 Å². The van der Waals surface area contributed by atoms with Crippen LogP contribution in [0.2, 0.25) is 5.02 Å². The molecule has 1 N–H and O–H groups in total. The molecule has 2 aliphatic carbocycles. The highest BCUT2D eigenvalue weighted by Crippen LogP contribution is 2.57. The fourth-order valence-corrected chi connectivity index (χ4v) is 4.59. The van der Waals surface area contributed by atoms with Crippen LogP contribution >= 0.6 is 38.9 Å². The second kappa shape index (κ2) is 3.73. The van der Waals surface area contributed by atoms with E-state index in [1.807, 2.05) is 6.07 Å². The minimum atomic E-state index is -0.299. The normalized spacial score (nSPS) is 35.3. The molecule has 82 valence electrons. The maximum absolute atomic E-state index is 10.2. The number of hydrogen-bond acceptors (Lipinski definition) is 2. The van der Waals surface area contributed by atoms with E-state index < -0.39 is 0 Å². The molecule has 0 spiro atoms. The van der Waals surface area contributed by atoms with Crippen LogP contribution < -0.4 is 0 Å². The zero-order valence-electron chi connectivity index (χ0n) is 8.12. The highest BCUT2D eigenvalue weighted by Gasteiger charge is 2.48. The van der Waals surface area contributed by atoms with Gasteiger partial charge in [-0.2, -0.15) is 0 Å². The average Bonchev–Trinajstić information content (AvgIpc) is 2.66. The summed E-state index contributed by atoms with van der Waals surface area (Å²) in [6.07, 6.45) is 3.52. The second-order valence-corrected chi connectivity index (χ2v) is 7.51. The lowest BCUT2D eigenvalue weighted by Crippen LogP contribution is -2.09. The van der Waals surface area contributed by atoms with E-state index in [2.05, 4.69) is 15.9 Å². The molecule has 2 fully saturated rings. The van der Waals surface area contributed by atoms with E-state index in [-0.39, 0.29) is 6.10 Å². The number of aliphatic hydroxyl groups excluding tert-OH is 1. The summed E-state index contributed by atoms with van der Waals surface area (Å²) in [5, 5.41) is 10.9. The van der Waals surface area contributed by atoms with E-state index in [9.17, 15) is 5.11 Å². The van der Waals surface area contributed by atoms with Gasteiger partial charge in [-0.25, -0.2) is 0 Å². The number of rotatable bonds is 2. The van der Waals surface area contributed by atoms with Crippen molar-refractivity contribution < 1.29 is 5.11 Å². The van der Waals surface area contributed by atoms with Crippen molar-refractivity contribution in [3.8, 4) is 0 Å². The first-order valence-corrected chi connectivity index (χ1v) is 7.26. The summed E-state index contributed by atoms with van der Waals surface area (Å²) in [6, 6.07) is 1.89. The van der Waals surface area contributed by atoms with Gasteiger partial charge >= 0.3 is 0 Å². The third kappa shape index (κ3) is 1.88. The first kappa shape index (κ1) is 10.6. The molecule has 15 heavy (non-hydrogen) atoms. The zero-order chi connectivity index (χ0) is 10.6. The van der Waals surface area contributed by atoms with Gasteiger partial charge < -0.3 is 5.11 Å². The number of hydrogen-bond donors (Lipinski definition) is 1. The number of fused-ring (bicyclic) bond motifs is 1. The monoisotopic (exact) mass is 306 g/mol. The molecular formula is C11H12BrClOS. The molecule has 4 heteroatoms. The van der Waals surface area contributed by atoms with Crippen molar-refractivity contribution in [1.29, 1.82) is 0 Å². The standard InChI is InChI=1S/C11H12BrClOS/c12-11-8(13)4-9(15-11)10(14)7-2-5-1-6(5)3-7/h4-7,10,14H,1-3H2. The van der Waals surface area contributed by atoms with E-state index in [0.29, 0.717) is 5.92 Å². The SMILES string of the molecule is OC(c1cc(Cl)c(Br)s1)C1CC2CC2C1. The van der Waals surface area contributed by atoms with Gasteiger partial charge in [-0.1, -0.05) is 11.6 Å². The molecule has 3 rings (SSSR count). The van der Waals surface area contributed by atoms with Gasteiger partial charge in [-0.3, -0.25) is 0 Å². The molecule has 2 aliphatic rings. The van der Waals surface area contributed by atoms with Gasteiger partial charge in [0.05, 0.1) is 14.9 Å². The molecule has 0 aliphatic heterocycles. The van der Waals surface area contributed by atoms with Crippen molar-refractivity contribution >= 4 is 38.9 Å². The van der Waals surface area contributed by atoms with Crippen LogP contribution in [0.4, 0.5) is 0 Å². The Hall–Kier alpha value is 0.430. The first-order chi connectivity index (χ1) is 7.15. The van der Waals surface area contributed by atoms with Gasteiger partial charge in [0, 0.05) is 4.88 Å². The molecule has 3 atom stereocenters. The molecule has 1 heterocycles. The summed E-state index contributed by atoms with van der Waals surface area (Å²) < 4.78 is 0.932. The summed E-state index contributed by atoms with van der Waals surface area (Å²) in [6.45, 7) is 0. The lowest BCUT2D eigenvalue weighted by molar-refractivity contribution is 0.108. The van der Waals surface area contributed by atoms with Crippen LogP contribution in [0.25, 0.3) is 0 Å². The van der Waals surface area contributed by atoms with Crippen LogP contribution in [0.5, 0.6) is 0 Å². The van der Waals surface area contributed by atoms with Crippen molar-refractivity contribution in [1.82, 2.24) is 0 Å². The van der Waals surface area contributed by atoms with Crippen LogP contribution in [0.3, 0.4) is 0 Å². The first-order valence-electron chi connectivity index (χ1n) is 5.28. The fourth-order valence-electron chi connectivity index (χ4n) is 2.76. The lowest BCUT2D eigenvalue weighted by Gasteiger charge is -2.17. The minimum absolute atomic E-state index is 0.299. The van der Waals surface area contributed by atoms with Crippen LogP contribution in [0.15, 0.2) is 9.85 Å². The second-order valence-electron chi connectivity index (χ2n) is 4.70. The third-order valence-corrected chi connectivity index (χ3v) is 6.23.